The summed E-state index contributed by atoms with van der Waals surface area (Å²) in [6.07, 6.45) is 2.54. The summed E-state index contributed by atoms with van der Waals surface area (Å²) in [6, 6.07) is 0. The van der Waals surface area contributed by atoms with Gasteiger partial charge in [0.25, 0.3) is 0 Å². The highest BCUT2D eigenvalue weighted by Gasteiger charge is 2.44. The SMILES string of the molecule is CCSC1(CC(=O)O)CC1. The van der Waals surface area contributed by atoms with Gasteiger partial charge in [-0.15, -0.1) is 0 Å². The lowest BCUT2D eigenvalue weighted by Crippen LogP contribution is -2.10. The summed E-state index contributed by atoms with van der Waals surface area (Å²) in [5.41, 5.74) is 0. The minimum atomic E-state index is -0.654. The molecule has 2 nitrogen and oxygen atoms in total. The van der Waals surface area contributed by atoms with Gasteiger partial charge in [0.2, 0.25) is 0 Å². The van der Waals surface area contributed by atoms with Gasteiger partial charge in [-0.25, -0.2) is 0 Å². The Kier molecular flexibility index (Phi) is 2.24. The Morgan fingerprint density at radius 2 is 2.30 bits per heavy atom. The first-order valence-corrected chi connectivity index (χ1v) is 4.53. The number of carboxylic acids is 1. The highest BCUT2D eigenvalue weighted by Crippen LogP contribution is 2.50. The standard InChI is InChI=1S/C7H12O2S/c1-2-10-7(3-4-7)5-6(8)9/h2-5H2,1H3,(H,8,9). The molecule has 1 aliphatic rings. The van der Waals surface area contributed by atoms with E-state index in [1.165, 1.54) is 0 Å². The lowest BCUT2D eigenvalue weighted by molar-refractivity contribution is -0.137. The average molecular weight is 160 g/mol. The third-order valence-electron chi connectivity index (χ3n) is 1.73. The molecule has 0 bridgehead atoms. The fraction of sp³-hybridized carbons (Fsp3) is 0.857. The molecular weight excluding hydrogens is 148 g/mol. The second kappa shape index (κ2) is 2.82. The second-order valence-corrected chi connectivity index (χ2v) is 4.42. The van der Waals surface area contributed by atoms with Crippen molar-refractivity contribution in [2.75, 3.05) is 5.75 Å². The molecule has 1 N–H and O–H groups in total. The van der Waals surface area contributed by atoms with Crippen LogP contribution in [0.5, 0.6) is 0 Å². The van der Waals surface area contributed by atoms with Crippen molar-refractivity contribution in [3.05, 3.63) is 0 Å². The Balaban J connectivity index is 2.30. The zero-order chi connectivity index (χ0) is 7.61. The molecule has 0 aliphatic heterocycles. The molecule has 0 unspecified atom stereocenters. The van der Waals surface area contributed by atoms with Crippen LogP contribution in [-0.4, -0.2) is 21.6 Å². The van der Waals surface area contributed by atoms with Crippen molar-refractivity contribution in [1.82, 2.24) is 0 Å². The van der Waals surface area contributed by atoms with Crippen molar-refractivity contribution >= 4 is 17.7 Å². The molecule has 0 spiro atoms. The van der Waals surface area contributed by atoms with Crippen molar-refractivity contribution < 1.29 is 9.90 Å². The Hall–Kier alpha value is -0.180. The van der Waals surface area contributed by atoms with E-state index in [0.29, 0.717) is 6.42 Å². The summed E-state index contributed by atoms with van der Waals surface area (Å²) in [6.45, 7) is 2.08. The van der Waals surface area contributed by atoms with Crippen LogP contribution in [0, 0.1) is 0 Å². The highest BCUT2D eigenvalue weighted by molar-refractivity contribution is 8.00. The number of rotatable bonds is 4. The number of hydrogen-bond donors (Lipinski definition) is 1. The van der Waals surface area contributed by atoms with Crippen molar-refractivity contribution in [3.63, 3.8) is 0 Å². The lowest BCUT2D eigenvalue weighted by atomic mass is 10.3. The van der Waals surface area contributed by atoms with Gasteiger partial charge in [0.05, 0.1) is 6.42 Å². The van der Waals surface area contributed by atoms with E-state index in [4.69, 9.17) is 5.11 Å². The maximum Gasteiger partial charge on any atom is 0.304 e. The van der Waals surface area contributed by atoms with Gasteiger partial charge in [-0.05, 0) is 18.6 Å². The molecule has 10 heavy (non-hydrogen) atoms. The molecule has 3 heteroatoms. The van der Waals surface area contributed by atoms with Crippen LogP contribution >= 0.6 is 11.8 Å². The molecule has 0 saturated heterocycles. The van der Waals surface area contributed by atoms with E-state index >= 15 is 0 Å². The Morgan fingerprint density at radius 3 is 2.60 bits per heavy atom. The molecule has 0 aromatic rings. The maximum absolute atomic E-state index is 10.3. The summed E-state index contributed by atoms with van der Waals surface area (Å²) in [7, 11) is 0. The zero-order valence-electron chi connectivity index (χ0n) is 6.09. The maximum atomic E-state index is 10.3. The van der Waals surface area contributed by atoms with Gasteiger partial charge in [0.15, 0.2) is 0 Å². The fourth-order valence-electron chi connectivity index (χ4n) is 1.09. The minimum absolute atomic E-state index is 0.139. The van der Waals surface area contributed by atoms with Crippen LogP contribution in [-0.2, 0) is 4.79 Å². The van der Waals surface area contributed by atoms with Crippen LogP contribution in [0.1, 0.15) is 26.2 Å². The first kappa shape index (κ1) is 7.92. The quantitative estimate of drug-likeness (QED) is 0.680. The van der Waals surface area contributed by atoms with E-state index in [0.717, 1.165) is 18.6 Å². The average Bonchev–Trinajstić information content (AvgIpc) is 2.47. The molecule has 0 radical (unpaired) electrons. The fourth-order valence-corrected chi connectivity index (χ4v) is 2.32. The van der Waals surface area contributed by atoms with E-state index in [9.17, 15) is 4.79 Å². The van der Waals surface area contributed by atoms with Gasteiger partial charge in [-0.3, -0.25) is 4.79 Å². The Morgan fingerprint density at radius 1 is 1.70 bits per heavy atom. The third kappa shape index (κ3) is 1.90. The largest absolute Gasteiger partial charge is 0.481 e. The molecule has 0 heterocycles. The van der Waals surface area contributed by atoms with Crippen molar-refractivity contribution in [3.8, 4) is 0 Å². The van der Waals surface area contributed by atoms with Crippen molar-refractivity contribution in [2.45, 2.75) is 30.9 Å². The molecule has 58 valence electrons. The summed E-state index contributed by atoms with van der Waals surface area (Å²) in [4.78, 5) is 10.3. The van der Waals surface area contributed by atoms with Crippen LogP contribution in [0.25, 0.3) is 0 Å². The normalized spacial score (nSPS) is 20.5. The first-order valence-electron chi connectivity index (χ1n) is 3.54. The van der Waals surface area contributed by atoms with E-state index in [1.54, 1.807) is 11.8 Å². The number of thioether (sulfide) groups is 1. The van der Waals surface area contributed by atoms with Crippen molar-refractivity contribution in [2.24, 2.45) is 0 Å². The van der Waals surface area contributed by atoms with E-state index in [2.05, 4.69) is 6.92 Å². The van der Waals surface area contributed by atoms with Gasteiger partial charge in [0, 0.05) is 4.75 Å². The number of carboxylic acid groups (broad SMARTS) is 1. The van der Waals surface area contributed by atoms with Crippen LogP contribution < -0.4 is 0 Å². The first-order chi connectivity index (χ1) is 4.68. The summed E-state index contributed by atoms with van der Waals surface area (Å²) < 4.78 is 0.139. The van der Waals surface area contributed by atoms with E-state index in [-0.39, 0.29) is 4.75 Å². The predicted molar refractivity (Wildman–Crippen MR) is 42.3 cm³/mol. The molecule has 1 saturated carbocycles. The molecule has 1 rings (SSSR count). The topological polar surface area (TPSA) is 37.3 Å². The molecule has 0 aromatic carbocycles. The molecule has 1 fully saturated rings. The third-order valence-corrected chi connectivity index (χ3v) is 3.19. The van der Waals surface area contributed by atoms with Crippen molar-refractivity contribution in [1.29, 1.82) is 0 Å². The highest BCUT2D eigenvalue weighted by atomic mass is 32.2. The molecule has 0 amide bonds. The molecule has 1 aliphatic carbocycles. The molecule has 0 atom stereocenters. The predicted octanol–water partition coefficient (Wildman–Crippen LogP) is 1.75. The summed E-state index contributed by atoms with van der Waals surface area (Å²) in [5.74, 6) is 0.381. The number of aliphatic carboxylic acids is 1. The van der Waals surface area contributed by atoms with Gasteiger partial charge in [0.1, 0.15) is 0 Å². The van der Waals surface area contributed by atoms with Crippen LogP contribution in [0.4, 0.5) is 0 Å². The number of hydrogen-bond acceptors (Lipinski definition) is 2. The molecular formula is C7H12O2S. The zero-order valence-corrected chi connectivity index (χ0v) is 6.91. The monoisotopic (exact) mass is 160 g/mol. The van der Waals surface area contributed by atoms with Gasteiger partial charge >= 0.3 is 5.97 Å². The number of carbonyl (C=O) groups is 1. The minimum Gasteiger partial charge on any atom is -0.481 e. The Bertz CT molecular complexity index is 141. The summed E-state index contributed by atoms with van der Waals surface area (Å²) in [5, 5.41) is 8.50. The molecule has 0 aromatic heterocycles. The smallest absolute Gasteiger partial charge is 0.304 e. The second-order valence-electron chi connectivity index (χ2n) is 2.69. The van der Waals surface area contributed by atoms with Gasteiger partial charge in [-0.1, -0.05) is 6.92 Å². The summed E-state index contributed by atoms with van der Waals surface area (Å²) >= 11 is 1.79. The van der Waals surface area contributed by atoms with Gasteiger partial charge in [-0.2, -0.15) is 11.8 Å². The van der Waals surface area contributed by atoms with Crippen LogP contribution in [0.3, 0.4) is 0 Å². The van der Waals surface area contributed by atoms with E-state index < -0.39 is 5.97 Å². The van der Waals surface area contributed by atoms with Gasteiger partial charge < -0.3 is 5.11 Å². The van der Waals surface area contributed by atoms with Crippen LogP contribution in [0.15, 0.2) is 0 Å². The Labute approximate surface area is 65.0 Å². The lowest BCUT2D eigenvalue weighted by Gasteiger charge is -2.08. The van der Waals surface area contributed by atoms with Crippen LogP contribution in [0.2, 0.25) is 0 Å². The van der Waals surface area contributed by atoms with E-state index in [1.807, 2.05) is 0 Å².